The SMILES string of the molecule is COc1cc(-c2cc3c(N4CC5CCC(C4)N5)ccnc3[nH]2)c(F)cn1.Cl. The topological polar surface area (TPSA) is 66.1 Å². The lowest BCUT2D eigenvalue weighted by molar-refractivity contribution is 0.396. The van der Waals surface area contributed by atoms with E-state index in [2.05, 4.69) is 25.2 Å². The zero-order valence-corrected chi connectivity index (χ0v) is 15.7. The number of aromatic amines is 1. The van der Waals surface area contributed by atoms with Gasteiger partial charge in [-0.2, -0.15) is 0 Å². The van der Waals surface area contributed by atoms with E-state index in [1.165, 1.54) is 26.1 Å². The van der Waals surface area contributed by atoms with Crippen LogP contribution >= 0.6 is 12.4 Å². The molecule has 142 valence electrons. The number of nitrogens with one attached hydrogen (secondary N) is 2. The third-order valence-corrected chi connectivity index (χ3v) is 5.40. The maximum absolute atomic E-state index is 14.3. The molecule has 0 radical (unpaired) electrons. The number of ether oxygens (including phenoxy) is 1. The van der Waals surface area contributed by atoms with Gasteiger partial charge < -0.3 is 19.9 Å². The maximum atomic E-state index is 14.3. The quantitative estimate of drug-likeness (QED) is 0.720. The minimum Gasteiger partial charge on any atom is -0.481 e. The van der Waals surface area contributed by atoms with Gasteiger partial charge in [-0.1, -0.05) is 0 Å². The Hall–Kier alpha value is -2.38. The number of hydrogen-bond donors (Lipinski definition) is 2. The van der Waals surface area contributed by atoms with Crippen molar-refractivity contribution >= 4 is 29.1 Å². The summed E-state index contributed by atoms with van der Waals surface area (Å²) in [6, 6.07) is 6.73. The lowest BCUT2D eigenvalue weighted by Crippen LogP contribution is -2.51. The molecule has 0 saturated carbocycles. The Kier molecular flexibility index (Phi) is 4.65. The van der Waals surface area contributed by atoms with Crippen LogP contribution in [-0.2, 0) is 0 Å². The van der Waals surface area contributed by atoms with Gasteiger partial charge in [-0.15, -0.1) is 12.4 Å². The van der Waals surface area contributed by atoms with Crippen LogP contribution in [0.3, 0.4) is 0 Å². The summed E-state index contributed by atoms with van der Waals surface area (Å²) in [4.78, 5) is 14.0. The first-order valence-corrected chi connectivity index (χ1v) is 8.90. The Morgan fingerprint density at radius 3 is 2.70 bits per heavy atom. The van der Waals surface area contributed by atoms with Crippen LogP contribution < -0.4 is 15.0 Å². The largest absolute Gasteiger partial charge is 0.481 e. The number of anilines is 1. The molecule has 5 heterocycles. The van der Waals surface area contributed by atoms with Crippen molar-refractivity contribution in [3.63, 3.8) is 0 Å². The molecule has 27 heavy (non-hydrogen) atoms. The molecule has 2 fully saturated rings. The molecule has 2 N–H and O–H groups in total. The van der Waals surface area contributed by atoms with E-state index in [4.69, 9.17) is 4.74 Å². The van der Waals surface area contributed by atoms with Crippen molar-refractivity contribution < 1.29 is 9.13 Å². The number of methoxy groups -OCH3 is 1. The van der Waals surface area contributed by atoms with Crippen molar-refractivity contribution in [2.75, 3.05) is 25.1 Å². The highest BCUT2D eigenvalue weighted by atomic mass is 35.5. The zero-order chi connectivity index (χ0) is 17.7. The van der Waals surface area contributed by atoms with Gasteiger partial charge >= 0.3 is 0 Å². The van der Waals surface area contributed by atoms with E-state index in [0.717, 1.165) is 29.8 Å². The number of fused-ring (bicyclic) bond motifs is 3. The van der Waals surface area contributed by atoms with Crippen molar-refractivity contribution in [2.45, 2.75) is 24.9 Å². The minimum absolute atomic E-state index is 0. The summed E-state index contributed by atoms with van der Waals surface area (Å²) in [6.45, 7) is 1.99. The van der Waals surface area contributed by atoms with Gasteiger partial charge in [0.15, 0.2) is 5.82 Å². The Bertz CT molecular complexity index is 966. The van der Waals surface area contributed by atoms with Gasteiger partial charge in [0.2, 0.25) is 5.88 Å². The molecular formula is C19H21ClFN5O. The average molecular weight is 390 g/mol. The molecule has 3 aromatic rings. The van der Waals surface area contributed by atoms with Crippen LogP contribution in [0.2, 0.25) is 0 Å². The third-order valence-electron chi connectivity index (χ3n) is 5.40. The van der Waals surface area contributed by atoms with E-state index in [9.17, 15) is 4.39 Å². The second-order valence-electron chi connectivity index (χ2n) is 7.02. The van der Waals surface area contributed by atoms with Crippen molar-refractivity contribution in [1.29, 1.82) is 0 Å². The molecule has 2 aliphatic heterocycles. The Labute approximate surface area is 162 Å². The normalized spacial score (nSPS) is 21.3. The first-order valence-electron chi connectivity index (χ1n) is 8.90. The number of rotatable bonds is 3. The molecule has 2 unspecified atom stereocenters. The molecular weight excluding hydrogens is 369 g/mol. The molecule has 3 aromatic heterocycles. The highest BCUT2D eigenvalue weighted by Crippen LogP contribution is 2.34. The molecule has 0 aliphatic carbocycles. The van der Waals surface area contributed by atoms with Gasteiger partial charge in [0, 0.05) is 54.1 Å². The number of hydrogen-bond acceptors (Lipinski definition) is 5. The van der Waals surface area contributed by atoms with Gasteiger partial charge in [-0.25, -0.2) is 14.4 Å². The smallest absolute Gasteiger partial charge is 0.213 e. The summed E-state index contributed by atoms with van der Waals surface area (Å²) >= 11 is 0. The van der Waals surface area contributed by atoms with Gasteiger partial charge in [0.1, 0.15) is 5.65 Å². The molecule has 0 aromatic carbocycles. The van der Waals surface area contributed by atoms with Gasteiger partial charge in [-0.3, -0.25) is 0 Å². The van der Waals surface area contributed by atoms with Crippen LogP contribution in [0.15, 0.2) is 30.6 Å². The lowest BCUT2D eigenvalue weighted by atomic mass is 10.1. The summed E-state index contributed by atoms with van der Waals surface area (Å²) in [6.07, 6.45) is 5.46. The fourth-order valence-electron chi connectivity index (χ4n) is 4.16. The summed E-state index contributed by atoms with van der Waals surface area (Å²) < 4.78 is 19.4. The second-order valence-corrected chi connectivity index (χ2v) is 7.02. The van der Waals surface area contributed by atoms with Crippen LogP contribution in [0.5, 0.6) is 5.88 Å². The molecule has 6 nitrogen and oxygen atoms in total. The highest BCUT2D eigenvalue weighted by molar-refractivity contribution is 5.94. The molecule has 2 aliphatic rings. The minimum atomic E-state index is -0.390. The summed E-state index contributed by atoms with van der Waals surface area (Å²) in [7, 11) is 1.52. The van der Waals surface area contributed by atoms with E-state index < -0.39 is 0 Å². The summed E-state index contributed by atoms with van der Waals surface area (Å²) in [5, 5.41) is 4.67. The van der Waals surface area contributed by atoms with E-state index in [1.807, 2.05) is 18.3 Å². The average Bonchev–Trinajstić information content (AvgIpc) is 3.24. The Balaban J connectivity index is 0.00000180. The van der Waals surface area contributed by atoms with Crippen molar-refractivity contribution in [1.82, 2.24) is 20.3 Å². The Morgan fingerprint density at radius 1 is 1.19 bits per heavy atom. The Morgan fingerprint density at radius 2 is 1.96 bits per heavy atom. The molecule has 5 rings (SSSR count). The van der Waals surface area contributed by atoms with Gasteiger partial charge in [-0.05, 0) is 25.0 Å². The first kappa shape index (κ1) is 18.0. The zero-order valence-electron chi connectivity index (χ0n) is 14.9. The number of pyridine rings is 2. The molecule has 2 bridgehead atoms. The van der Waals surface area contributed by atoms with Gasteiger partial charge in [0.25, 0.3) is 0 Å². The number of H-pyrrole nitrogens is 1. The van der Waals surface area contributed by atoms with Crippen LogP contribution in [0.25, 0.3) is 22.3 Å². The van der Waals surface area contributed by atoms with E-state index in [1.54, 1.807) is 6.07 Å². The molecule has 0 spiro atoms. The number of aromatic nitrogens is 3. The van der Waals surface area contributed by atoms with Crippen LogP contribution in [-0.4, -0.2) is 47.2 Å². The number of nitrogens with zero attached hydrogens (tertiary/aromatic N) is 3. The third kappa shape index (κ3) is 3.11. The van der Waals surface area contributed by atoms with Crippen LogP contribution in [0.4, 0.5) is 10.1 Å². The maximum Gasteiger partial charge on any atom is 0.213 e. The van der Waals surface area contributed by atoms with Gasteiger partial charge in [0.05, 0.1) is 19.0 Å². The highest BCUT2D eigenvalue weighted by Gasteiger charge is 2.32. The summed E-state index contributed by atoms with van der Waals surface area (Å²) in [5.41, 5.74) is 3.02. The molecule has 2 saturated heterocycles. The molecule has 2 atom stereocenters. The fourth-order valence-corrected chi connectivity index (χ4v) is 4.16. The molecule has 8 heteroatoms. The predicted octanol–water partition coefficient (Wildman–Crippen LogP) is 3.14. The van der Waals surface area contributed by atoms with Crippen LogP contribution in [0.1, 0.15) is 12.8 Å². The lowest BCUT2D eigenvalue weighted by Gasteiger charge is -2.34. The predicted molar refractivity (Wildman–Crippen MR) is 105 cm³/mol. The van der Waals surface area contributed by atoms with E-state index in [-0.39, 0.29) is 18.2 Å². The van der Waals surface area contributed by atoms with Crippen LogP contribution in [0, 0.1) is 5.82 Å². The number of halogens is 2. The van der Waals surface area contributed by atoms with E-state index in [0.29, 0.717) is 29.2 Å². The number of piperazine rings is 1. The fraction of sp³-hybridized carbons (Fsp3) is 0.368. The van der Waals surface area contributed by atoms with Crippen molar-refractivity contribution in [3.8, 4) is 17.1 Å². The van der Waals surface area contributed by atoms with Crippen molar-refractivity contribution in [3.05, 3.63) is 36.4 Å². The molecule has 0 amide bonds. The first-order chi connectivity index (χ1) is 12.7. The standard InChI is InChI=1S/C19H20FN5O.ClH/c1-26-18-7-13(15(20)8-22-18)16-6-14-17(4-5-21-19(14)24-16)25-9-11-2-3-12(10-25)23-11;/h4-8,11-12,23H,2-3,9-10H2,1H3,(H,21,24);1H. The summed E-state index contributed by atoms with van der Waals surface area (Å²) in [5.74, 6) is -0.00829. The second kappa shape index (κ2) is 6.98. The monoisotopic (exact) mass is 389 g/mol. The van der Waals surface area contributed by atoms with E-state index >= 15 is 0 Å². The van der Waals surface area contributed by atoms with Crippen molar-refractivity contribution in [2.24, 2.45) is 0 Å².